The summed E-state index contributed by atoms with van der Waals surface area (Å²) in [5, 5.41) is 2.76. The predicted octanol–water partition coefficient (Wildman–Crippen LogP) is 3.21. The van der Waals surface area contributed by atoms with Gasteiger partial charge in [0.25, 0.3) is 0 Å². The van der Waals surface area contributed by atoms with Crippen molar-refractivity contribution in [3.63, 3.8) is 0 Å². The summed E-state index contributed by atoms with van der Waals surface area (Å²) < 4.78 is 23.0. The number of carbonyl (C=O) groups is 1. The molecule has 0 atom stereocenters. The zero-order chi connectivity index (χ0) is 22.0. The van der Waals surface area contributed by atoms with E-state index in [4.69, 9.17) is 24.5 Å². The Labute approximate surface area is 173 Å². The number of hydrogen-bond acceptors (Lipinski definition) is 7. The van der Waals surface area contributed by atoms with Crippen LogP contribution in [0.15, 0.2) is 17.7 Å². The molecular formula is C20H32BN3O5. The van der Waals surface area contributed by atoms with Gasteiger partial charge in [0.05, 0.1) is 30.2 Å². The van der Waals surface area contributed by atoms with Crippen molar-refractivity contribution in [2.45, 2.75) is 65.3 Å². The number of amides is 1. The maximum absolute atomic E-state index is 12.2. The Morgan fingerprint density at radius 3 is 2.38 bits per heavy atom. The van der Waals surface area contributed by atoms with Gasteiger partial charge in [-0.05, 0) is 60.0 Å². The molecule has 1 aromatic rings. The molecule has 0 saturated carbocycles. The molecule has 0 bridgehead atoms. The number of nitrogen functional groups attached to an aromatic ring is 1. The molecule has 1 saturated heterocycles. The molecule has 0 aromatic carbocycles. The Kier molecular flexibility index (Phi) is 6.54. The SMILES string of the molecule is COc1ncc(N)cc1C=C(CNC(=O)OC(C)(C)C)B1OC(C)(C)C(C)(C)O1. The molecule has 0 spiro atoms. The monoisotopic (exact) mass is 405 g/mol. The fraction of sp³-hybridized carbons (Fsp3) is 0.600. The third-order valence-electron chi connectivity index (χ3n) is 4.83. The highest BCUT2D eigenvalue weighted by Gasteiger charge is 2.52. The van der Waals surface area contributed by atoms with Crippen LogP contribution in [0.25, 0.3) is 6.08 Å². The first-order valence-electron chi connectivity index (χ1n) is 9.56. The molecule has 1 amide bonds. The number of hydrogen-bond donors (Lipinski definition) is 2. The molecule has 29 heavy (non-hydrogen) atoms. The molecule has 9 heteroatoms. The van der Waals surface area contributed by atoms with Crippen molar-refractivity contribution in [1.29, 1.82) is 0 Å². The minimum Gasteiger partial charge on any atom is -0.481 e. The fourth-order valence-corrected chi connectivity index (χ4v) is 2.65. The van der Waals surface area contributed by atoms with Crippen LogP contribution in [0.1, 0.15) is 54.0 Å². The number of rotatable bonds is 5. The number of aromatic nitrogens is 1. The number of anilines is 1. The number of alkyl carbamates (subject to hydrolysis) is 1. The number of ether oxygens (including phenoxy) is 2. The van der Waals surface area contributed by atoms with Crippen LogP contribution in [-0.2, 0) is 14.0 Å². The topological polar surface area (TPSA) is 105 Å². The molecule has 1 aliphatic rings. The zero-order valence-corrected chi connectivity index (χ0v) is 18.6. The number of methoxy groups -OCH3 is 1. The van der Waals surface area contributed by atoms with E-state index in [0.717, 1.165) is 0 Å². The van der Waals surface area contributed by atoms with Crippen LogP contribution in [-0.4, -0.2) is 48.7 Å². The van der Waals surface area contributed by atoms with E-state index in [2.05, 4.69) is 10.3 Å². The number of nitrogens with zero attached hydrogens (tertiary/aromatic N) is 1. The first kappa shape index (κ1) is 23.0. The van der Waals surface area contributed by atoms with Crippen LogP contribution in [0.4, 0.5) is 10.5 Å². The van der Waals surface area contributed by atoms with E-state index < -0.39 is 30.0 Å². The van der Waals surface area contributed by atoms with Gasteiger partial charge in [0.2, 0.25) is 5.88 Å². The summed E-state index contributed by atoms with van der Waals surface area (Å²) in [5.74, 6) is 0.408. The van der Waals surface area contributed by atoms with Gasteiger partial charge < -0.3 is 29.8 Å². The van der Waals surface area contributed by atoms with Crippen molar-refractivity contribution in [2.75, 3.05) is 19.4 Å². The van der Waals surface area contributed by atoms with Gasteiger partial charge in [0.1, 0.15) is 5.60 Å². The summed E-state index contributed by atoms with van der Waals surface area (Å²) in [6.45, 7) is 13.4. The molecule has 2 rings (SSSR count). The standard InChI is InChI=1S/C20H32BN3O5/c1-18(2,3)27-17(25)24-11-14(21-28-19(4,5)20(6,7)29-21)9-13-10-15(22)12-23-16(13)26-8/h9-10,12H,11,22H2,1-8H3,(H,24,25). The summed E-state index contributed by atoms with van der Waals surface area (Å²) in [6.07, 6.45) is 2.79. The van der Waals surface area contributed by atoms with Crippen molar-refractivity contribution in [3.8, 4) is 5.88 Å². The second-order valence-corrected chi connectivity index (χ2v) is 9.03. The van der Waals surface area contributed by atoms with Gasteiger partial charge in [0, 0.05) is 12.1 Å². The summed E-state index contributed by atoms with van der Waals surface area (Å²) in [4.78, 5) is 16.4. The first-order chi connectivity index (χ1) is 13.2. The van der Waals surface area contributed by atoms with Gasteiger partial charge in [0.15, 0.2) is 0 Å². The summed E-state index contributed by atoms with van der Waals surface area (Å²) in [7, 11) is 0.865. The predicted molar refractivity (Wildman–Crippen MR) is 113 cm³/mol. The lowest BCUT2D eigenvalue weighted by Crippen LogP contribution is -2.41. The third-order valence-corrected chi connectivity index (χ3v) is 4.83. The van der Waals surface area contributed by atoms with Crippen molar-refractivity contribution in [1.82, 2.24) is 10.3 Å². The lowest BCUT2D eigenvalue weighted by Gasteiger charge is -2.32. The van der Waals surface area contributed by atoms with E-state index in [-0.39, 0.29) is 6.54 Å². The van der Waals surface area contributed by atoms with E-state index in [9.17, 15) is 4.79 Å². The lowest BCUT2D eigenvalue weighted by atomic mass is 9.77. The van der Waals surface area contributed by atoms with Gasteiger partial charge >= 0.3 is 13.2 Å². The minimum atomic E-state index is -0.666. The fourth-order valence-electron chi connectivity index (χ4n) is 2.65. The molecule has 2 heterocycles. The van der Waals surface area contributed by atoms with E-state index in [1.807, 2.05) is 33.8 Å². The highest BCUT2D eigenvalue weighted by atomic mass is 16.7. The van der Waals surface area contributed by atoms with Crippen LogP contribution in [0.5, 0.6) is 5.88 Å². The lowest BCUT2D eigenvalue weighted by molar-refractivity contribution is 0.00578. The van der Waals surface area contributed by atoms with Crippen molar-refractivity contribution in [3.05, 3.63) is 23.3 Å². The Balaban J connectivity index is 2.34. The van der Waals surface area contributed by atoms with Crippen LogP contribution >= 0.6 is 0 Å². The Bertz CT molecular complexity index is 771. The van der Waals surface area contributed by atoms with Crippen molar-refractivity contribution < 1.29 is 23.6 Å². The quantitative estimate of drug-likeness (QED) is 0.725. The van der Waals surface area contributed by atoms with E-state index in [1.165, 1.54) is 13.3 Å². The largest absolute Gasteiger partial charge is 0.492 e. The van der Waals surface area contributed by atoms with E-state index in [0.29, 0.717) is 22.6 Å². The average Bonchev–Trinajstić information content (AvgIpc) is 2.77. The van der Waals surface area contributed by atoms with Crippen LogP contribution in [0.2, 0.25) is 0 Å². The number of carbonyl (C=O) groups excluding carboxylic acids is 1. The van der Waals surface area contributed by atoms with Gasteiger partial charge in [-0.15, -0.1) is 0 Å². The van der Waals surface area contributed by atoms with E-state index in [1.54, 1.807) is 26.8 Å². The second-order valence-electron chi connectivity index (χ2n) is 9.03. The van der Waals surface area contributed by atoms with E-state index >= 15 is 0 Å². The number of nitrogens with two attached hydrogens (primary N) is 1. The molecule has 160 valence electrons. The molecule has 1 aromatic heterocycles. The van der Waals surface area contributed by atoms with Gasteiger partial charge in [-0.3, -0.25) is 0 Å². The Morgan fingerprint density at radius 1 is 1.28 bits per heavy atom. The molecule has 8 nitrogen and oxygen atoms in total. The average molecular weight is 405 g/mol. The molecule has 0 unspecified atom stereocenters. The molecule has 3 N–H and O–H groups in total. The number of nitrogens with one attached hydrogen (secondary N) is 1. The first-order valence-corrected chi connectivity index (χ1v) is 9.56. The van der Waals surface area contributed by atoms with Gasteiger partial charge in [-0.2, -0.15) is 0 Å². The van der Waals surface area contributed by atoms with Crippen LogP contribution in [0, 0.1) is 0 Å². The van der Waals surface area contributed by atoms with Crippen LogP contribution in [0.3, 0.4) is 0 Å². The molecule has 0 aliphatic carbocycles. The smallest absolute Gasteiger partial charge is 0.481 e. The summed E-state index contributed by atoms with van der Waals surface area (Å²) >= 11 is 0. The second kappa shape index (κ2) is 8.24. The van der Waals surface area contributed by atoms with Crippen molar-refractivity contribution >= 4 is 25.0 Å². The zero-order valence-electron chi connectivity index (χ0n) is 18.6. The summed E-state index contributed by atoms with van der Waals surface area (Å²) in [6, 6.07) is 1.74. The minimum absolute atomic E-state index is 0.156. The summed E-state index contributed by atoms with van der Waals surface area (Å²) in [5.41, 5.74) is 6.07. The number of pyridine rings is 1. The Morgan fingerprint density at radius 2 is 1.86 bits per heavy atom. The molecule has 1 aliphatic heterocycles. The highest BCUT2D eigenvalue weighted by molar-refractivity contribution is 6.56. The van der Waals surface area contributed by atoms with Gasteiger partial charge in [-0.25, -0.2) is 9.78 Å². The van der Waals surface area contributed by atoms with Crippen LogP contribution < -0.4 is 15.8 Å². The van der Waals surface area contributed by atoms with Crippen molar-refractivity contribution in [2.24, 2.45) is 0 Å². The normalized spacial score (nSPS) is 18.5. The molecule has 0 radical (unpaired) electrons. The third kappa shape index (κ3) is 5.87. The maximum atomic E-state index is 12.2. The Hall–Kier alpha value is -2.26. The maximum Gasteiger partial charge on any atom is 0.492 e. The van der Waals surface area contributed by atoms with Gasteiger partial charge in [-0.1, -0.05) is 6.08 Å². The molecule has 1 fully saturated rings. The molecular weight excluding hydrogens is 373 g/mol. The highest BCUT2D eigenvalue weighted by Crippen LogP contribution is 2.39.